The molecule has 0 aliphatic carbocycles. The van der Waals surface area contributed by atoms with Crippen molar-refractivity contribution in [2.75, 3.05) is 5.73 Å². The lowest BCUT2D eigenvalue weighted by Gasteiger charge is -1.99. The van der Waals surface area contributed by atoms with E-state index in [1.165, 1.54) is 24.9 Å². The van der Waals surface area contributed by atoms with Gasteiger partial charge in [-0.05, 0) is 0 Å². The maximum absolute atomic E-state index is 11.7. The van der Waals surface area contributed by atoms with Crippen LogP contribution in [0.5, 0.6) is 0 Å². The van der Waals surface area contributed by atoms with Crippen LogP contribution in [0.4, 0.5) is 5.69 Å². The van der Waals surface area contributed by atoms with Gasteiger partial charge in [-0.1, -0.05) is 0 Å². The van der Waals surface area contributed by atoms with Crippen molar-refractivity contribution >= 4 is 15.7 Å². The molecule has 0 amide bonds. The molecule has 0 saturated carbocycles. The van der Waals surface area contributed by atoms with E-state index in [0.717, 1.165) is 4.09 Å². The molecule has 0 bridgehead atoms. The molecule has 0 spiro atoms. The van der Waals surface area contributed by atoms with Gasteiger partial charge in [0.15, 0.2) is 5.03 Å². The molecule has 0 aliphatic rings. The molecule has 0 saturated heterocycles. The van der Waals surface area contributed by atoms with Gasteiger partial charge in [0.25, 0.3) is 10.0 Å². The first-order valence-electron chi connectivity index (χ1n) is 3.65. The van der Waals surface area contributed by atoms with Gasteiger partial charge in [0.05, 0.1) is 30.6 Å². The number of imidazole rings is 1. The van der Waals surface area contributed by atoms with Gasteiger partial charge in [-0.2, -0.15) is 17.6 Å². The Balaban J connectivity index is 2.54. The third-order valence-electron chi connectivity index (χ3n) is 1.58. The number of nitrogens with zero attached hydrogens (tertiary/aromatic N) is 3. The van der Waals surface area contributed by atoms with Crippen LogP contribution in [0.1, 0.15) is 0 Å². The second-order valence-electron chi connectivity index (χ2n) is 2.57. The lowest BCUT2D eigenvalue weighted by Crippen LogP contribution is -2.13. The van der Waals surface area contributed by atoms with Gasteiger partial charge in [-0.3, -0.25) is 0 Å². The van der Waals surface area contributed by atoms with Crippen LogP contribution in [0.2, 0.25) is 0 Å². The highest BCUT2D eigenvalue weighted by Crippen LogP contribution is 2.09. The molecule has 8 heteroatoms. The van der Waals surface area contributed by atoms with Crippen LogP contribution in [0, 0.1) is 0 Å². The number of nitrogen functional groups attached to an aromatic ring is 1. The van der Waals surface area contributed by atoms with Crippen molar-refractivity contribution in [3.63, 3.8) is 0 Å². The summed E-state index contributed by atoms with van der Waals surface area (Å²) < 4.78 is 24.2. The summed E-state index contributed by atoms with van der Waals surface area (Å²) in [5, 5.41) is 3.57. The van der Waals surface area contributed by atoms with E-state index in [9.17, 15) is 8.42 Å². The van der Waals surface area contributed by atoms with E-state index >= 15 is 0 Å². The quantitative estimate of drug-likeness (QED) is 0.694. The molecule has 0 aromatic carbocycles. The molecule has 7 nitrogen and oxygen atoms in total. The smallest absolute Gasteiger partial charge is 0.300 e. The monoisotopic (exact) mass is 213 g/mol. The maximum Gasteiger partial charge on any atom is 0.300 e. The normalized spacial score (nSPS) is 11.7. The zero-order valence-electron chi connectivity index (χ0n) is 6.95. The summed E-state index contributed by atoms with van der Waals surface area (Å²) in [6.45, 7) is 0. The Morgan fingerprint density at radius 2 is 2.21 bits per heavy atom. The number of rotatable bonds is 2. The minimum atomic E-state index is -3.67. The number of aromatic amines is 1. The molecule has 14 heavy (non-hydrogen) atoms. The topological polar surface area (TPSA) is 107 Å². The van der Waals surface area contributed by atoms with Gasteiger partial charge in [0.1, 0.15) is 0 Å². The van der Waals surface area contributed by atoms with E-state index in [1.807, 2.05) is 0 Å². The molecule has 0 atom stereocenters. The summed E-state index contributed by atoms with van der Waals surface area (Å²) in [4.78, 5) is 6.10. The number of H-pyrrole nitrogens is 1. The van der Waals surface area contributed by atoms with Crippen LogP contribution >= 0.6 is 0 Å². The van der Waals surface area contributed by atoms with Crippen molar-refractivity contribution in [3.05, 3.63) is 24.9 Å². The summed E-state index contributed by atoms with van der Waals surface area (Å²) in [5.41, 5.74) is 5.64. The number of hydrogen-bond donors (Lipinski definition) is 2. The number of anilines is 1. The summed E-state index contributed by atoms with van der Waals surface area (Å²) in [6.07, 6.45) is 4.96. The lowest BCUT2D eigenvalue weighted by atomic mass is 10.6. The summed E-state index contributed by atoms with van der Waals surface area (Å²) in [5.74, 6) is 0. The summed E-state index contributed by atoms with van der Waals surface area (Å²) >= 11 is 0. The zero-order chi connectivity index (χ0) is 10.2. The third-order valence-corrected chi connectivity index (χ3v) is 3.05. The molecule has 0 unspecified atom stereocenters. The zero-order valence-corrected chi connectivity index (χ0v) is 7.77. The standard InChI is InChI=1S/C6H7N5O2S/c7-5-1-10-11(3-5)14(12,13)6-2-8-4-9-6/h1-4H,7H2,(H,8,9). The second-order valence-corrected chi connectivity index (χ2v) is 4.33. The molecular weight excluding hydrogens is 206 g/mol. The fourth-order valence-electron chi connectivity index (χ4n) is 0.934. The van der Waals surface area contributed by atoms with Crippen LogP contribution in [-0.2, 0) is 10.0 Å². The van der Waals surface area contributed by atoms with Gasteiger partial charge < -0.3 is 10.7 Å². The predicted octanol–water partition coefficient (Wildman–Crippen LogP) is -0.575. The second kappa shape index (κ2) is 2.84. The van der Waals surface area contributed by atoms with Crippen molar-refractivity contribution in [2.45, 2.75) is 5.03 Å². The van der Waals surface area contributed by atoms with Crippen molar-refractivity contribution in [2.24, 2.45) is 0 Å². The van der Waals surface area contributed by atoms with Crippen molar-refractivity contribution in [1.29, 1.82) is 0 Å². The van der Waals surface area contributed by atoms with E-state index in [0.29, 0.717) is 0 Å². The maximum atomic E-state index is 11.7. The molecule has 74 valence electrons. The Morgan fingerprint density at radius 1 is 1.43 bits per heavy atom. The first kappa shape index (κ1) is 8.75. The van der Waals surface area contributed by atoms with Crippen LogP contribution in [0.15, 0.2) is 29.9 Å². The fraction of sp³-hybridized carbons (Fsp3) is 0. The van der Waals surface area contributed by atoms with E-state index in [1.54, 1.807) is 0 Å². The van der Waals surface area contributed by atoms with Crippen molar-refractivity contribution < 1.29 is 8.42 Å². The lowest BCUT2D eigenvalue weighted by molar-refractivity contribution is 0.577. The Labute approximate surface area is 79.6 Å². The van der Waals surface area contributed by atoms with Gasteiger partial charge in [0.2, 0.25) is 0 Å². The van der Waals surface area contributed by atoms with E-state index in [-0.39, 0.29) is 10.7 Å². The highest BCUT2D eigenvalue weighted by molar-refractivity contribution is 7.89. The van der Waals surface area contributed by atoms with Crippen LogP contribution in [-0.4, -0.2) is 27.6 Å². The van der Waals surface area contributed by atoms with Gasteiger partial charge in [-0.25, -0.2) is 4.98 Å². The molecule has 3 N–H and O–H groups in total. The summed E-state index contributed by atoms with van der Waals surface area (Å²) in [7, 11) is -3.67. The largest absolute Gasteiger partial charge is 0.396 e. The van der Waals surface area contributed by atoms with E-state index in [4.69, 9.17) is 5.73 Å². The Hall–Kier alpha value is -1.83. The van der Waals surface area contributed by atoms with Gasteiger partial charge in [-0.15, -0.1) is 0 Å². The molecule has 2 aromatic heterocycles. The molecular formula is C6H7N5O2S. The number of aromatic nitrogens is 4. The first-order chi connectivity index (χ1) is 6.60. The van der Waals surface area contributed by atoms with Crippen LogP contribution < -0.4 is 5.73 Å². The Kier molecular flexibility index (Phi) is 1.78. The molecule has 0 radical (unpaired) electrons. The first-order valence-corrected chi connectivity index (χ1v) is 5.09. The Morgan fingerprint density at radius 3 is 2.71 bits per heavy atom. The van der Waals surface area contributed by atoms with Gasteiger partial charge >= 0.3 is 0 Å². The molecule has 2 rings (SSSR count). The van der Waals surface area contributed by atoms with Crippen LogP contribution in [0.3, 0.4) is 0 Å². The summed E-state index contributed by atoms with van der Waals surface area (Å²) in [6, 6.07) is 0. The third kappa shape index (κ3) is 1.25. The van der Waals surface area contributed by atoms with Gasteiger partial charge in [0, 0.05) is 0 Å². The number of nitrogens with two attached hydrogens (primary N) is 1. The van der Waals surface area contributed by atoms with E-state index < -0.39 is 10.0 Å². The minimum absolute atomic E-state index is 0.0272. The molecule has 0 fully saturated rings. The van der Waals surface area contributed by atoms with Crippen molar-refractivity contribution in [3.8, 4) is 0 Å². The number of nitrogens with one attached hydrogen (secondary N) is 1. The fourth-order valence-corrected chi connectivity index (χ4v) is 1.96. The average molecular weight is 213 g/mol. The minimum Gasteiger partial charge on any atom is -0.396 e. The van der Waals surface area contributed by atoms with Crippen molar-refractivity contribution in [1.82, 2.24) is 19.2 Å². The predicted molar refractivity (Wildman–Crippen MR) is 47.8 cm³/mol. The molecule has 2 heterocycles. The number of hydrogen-bond acceptors (Lipinski definition) is 5. The molecule has 0 aliphatic heterocycles. The highest BCUT2D eigenvalue weighted by atomic mass is 32.2. The Bertz CT molecular complexity index is 526. The average Bonchev–Trinajstić information content (AvgIpc) is 2.72. The molecule has 2 aromatic rings. The van der Waals surface area contributed by atoms with E-state index in [2.05, 4.69) is 15.1 Å². The SMILES string of the molecule is Nc1cnn(S(=O)(=O)c2cnc[nH]2)c1. The highest BCUT2D eigenvalue weighted by Gasteiger charge is 2.18. The van der Waals surface area contributed by atoms with Crippen LogP contribution in [0.25, 0.3) is 0 Å².